The number of esters is 2. The molecule has 0 fully saturated rings. The molecule has 3 amide bonds. The molecule has 16 nitrogen and oxygen atoms in total. The van der Waals surface area contributed by atoms with Crippen molar-refractivity contribution < 1.29 is 42.6 Å². The summed E-state index contributed by atoms with van der Waals surface area (Å²) in [6.07, 6.45) is 1.18. The third-order valence-electron chi connectivity index (χ3n) is 8.88. The predicted octanol–water partition coefficient (Wildman–Crippen LogP) is 3.53. The molecule has 2 heterocycles. The van der Waals surface area contributed by atoms with Gasteiger partial charge in [0.15, 0.2) is 0 Å². The van der Waals surface area contributed by atoms with Crippen molar-refractivity contribution in [1.82, 2.24) is 30.9 Å². The summed E-state index contributed by atoms with van der Waals surface area (Å²) in [5.41, 5.74) is 3.74. The van der Waals surface area contributed by atoms with E-state index in [0.29, 0.717) is 17.8 Å². The quantitative estimate of drug-likeness (QED) is 0.0554. The third kappa shape index (κ3) is 13.5. The first-order chi connectivity index (χ1) is 28.0. The number of rotatable bonds is 21. The number of carbonyl (C=O) groups excluding carboxylic acids is 5. The van der Waals surface area contributed by atoms with Crippen molar-refractivity contribution >= 4 is 40.6 Å². The Balaban J connectivity index is 1.11. The molecule has 0 spiro atoms. The maximum absolute atomic E-state index is 13.4. The van der Waals surface area contributed by atoms with Crippen LogP contribution in [0.25, 0.3) is 22.2 Å². The van der Waals surface area contributed by atoms with Crippen LogP contribution >= 0.6 is 0 Å². The minimum absolute atomic E-state index is 0.0454. The summed E-state index contributed by atoms with van der Waals surface area (Å²) < 4.78 is 23.3. The number of benzene rings is 3. The van der Waals surface area contributed by atoms with E-state index < -0.39 is 47.4 Å². The van der Waals surface area contributed by atoms with Crippen LogP contribution < -0.4 is 21.6 Å². The van der Waals surface area contributed by atoms with Gasteiger partial charge in [-0.1, -0.05) is 78.0 Å². The van der Waals surface area contributed by atoms with Crippen LogP contribution in [0.4, 0.5) is 0 Å². The summed E-state index contributed by atoms with van der Waals surface area (Å²) in [6, 6.07) is 22.8. The molecule has 304 valence electrons. The van der Waals surface area contributed by atoms with Gasteiger partial charge in [-0.25, -0.2) is 9.48 Å². The van der Waals surface area contributed by atoms with Gasteiger partial charge >= 0.3 is 17.6 Å². The molecule has 3 aromatic carbocycles. The molecule has 0 radical (unpaired) electrons. The van der Waals surface area contributed by atoms with Gasteiger partial charge in [0, 0.05) is 43.3 Å². The van der Waals surface area contributed by atoms with Crippen molar-refractivity contribution in [2.75, 3.05) is 19.8 Å². The average Bonchev–Trinajstić information content (AvgIpc) is 3.70. The number of amides is 3. The second kappa shape index (κ2) is 21.6. The van der Waals surface area contributed by atoms with Gasteiger partial charge in [0.25, 0.3) is 0 Å². The fraction of sp³-hybridized carbons (Fsp3) is 0.333. The van der Waals surface area contributed by atoms with Crippen LogP contribution in [-0.4, -0.2) is 76.5 Å². The number of ether oxygens (including phenoxy) is 3. The van der Waals surface area contributed by atoms with Crippen LogP contribution in [0.1, 0.15) is 49.3 Å². The Morgan fingerprint density at radius 3 is 2.02 bits per heavy atom. The van der Waals surface area contributed by atoms with E-state index in [1.165, 1.54) is 13.0 Å². The van der Waals surface area contributed by atoms with Gasteiger partial charge in [-0.2, -0.15) is 0 Å². The monoisotopic (exact) mass is 794 g/mol. The van der Waals surface area contributed by atoms with Crippen molar-refractivity contribution in [3.63, 3.8) is 0 Å². The molecular formula is C42H46N6O10. The molecule has 0 bridgehead atoms. The zero-order chi connectivity index (χ0) is 41.3. The van der Waals surface area contributed by atoms with Crippen molar-refractivity contribution in [2.24, 2.45) is 0 Å². The van der Waals surface area contributed by atoms with Crippen LogP contribution in [0.15, 0.2) is 100 Å². The van der Waals surface area contributed by atoms with Crippen LogP contribution in [0.5, 0.6) is 0 Å². The lowest BCUT2D eigenvalue weighted by Crippen LogP contribution is -2.54. The zero-order valence-electron chi connectivity index (χ0n) is 32.3. The summed E-state index contributed by atoms with van der Waals surface area (Å²) in [4.78, 5) is 75.8. The van der Waals surface area contributed by atoms with E-state index in [0.717, 1.165) is 27.6 Å². The van der Waals surface area contributed by atoms with E-state index in [9.17, 15) is 28.8 Å². The minimum atomic E-state index is -1.18. The highest BCUT2D eigenvalue weighted by Crippen LogP contribution is 2.24. The molecule has 0 unspecified atom stereocenters. The number of carbonyl (C=O) groups is 5. The van der Waals surface area contributed by atoms with Crippen LogP contribution in [0, 0.1) is 6.92 Å². The Morgan fingerprint density at radius 1 is 0.776 bits per heavy atom. The highest BCUT2D eigenvalue weighted by atomic mass is 16.5. The Morgan fingerprint density at radius 2 is 1.40 bits per heavy atom. The Hall–Kier alpha value is -6.68. The lowest BCUT2D eigenvalue weighted by molar-refractivity contribution is -0.146. The molecule has 3 N–H and O–H groups in total. The fourth-order valence-corrected chi connectivity index (χ4v) is 5.85. The molecule has 2 aromatic heterocycles. The van der Waals surface area contributed by atoms with Crippen LogP contribution in [-0.2, 0) is 57.9 Å². The highest BCUT2D eigenvalue weighted by Gasteiger charge is 2.27. The van der Waals surface area contributed by atoms with E-state index in [4.69, 9.17) is 18.6 Å². The van der Waals surface area contributed by atoms with Crippen LogP contribution in [0.3, 0.4) is 0 Å². The van der Waals surface area contributed by atoms with Gasteiger partial charge < -0.3 is 34.6 Å². The van der Waals surface area contributed by atoms with Crippen molar-refractivity contribution in [1.29, 1.82) is 0 Å². The van der Waals surface area contributed by atoms with E-state index in [-0.39, 0.29) is 58.7 Å². The van der Waals surface area contributed by atoms with Gasteiger partial charge in [0.1, 0.15) is 36.6 Å². The Labute approximate surface area is 334 Å². The molecule has 2 atom stereocenters. The van der Waals surface area contributed by atoms with Gasteiger partial charge in [0.05, 0.1) is 26.0 Å². The number of aryl methyl sites for hydroxylation is 1. The standard InChI is InChI=1S/C42H46N6O10/c1-28-23-40(52)58-37-24-32(13-14-33(28)37)36-25-48(47-46-36)20-22-55-21-19-43-41(53)34(15-17-38(50)56-26-30-9-5-3-6-10-30)45-42(54)35(44-29(2)49)16-18-39(51)57-27-31-11-7-4-8-12-31/h3-14,23-25,34-35H,15-22,26-27H2,1-2H3,(H,43,53)(H,44,49)(H,45,54)/t34-,35+/m0/s1. The van der Waals surface area contributed by atoms with E-state index in [2.05, 4.69) is 26.3 Å². The molecule has 0 aliphatic heterocycles. The third-order valence-corrected chi connectivity index (χ3v) is 8.88. The molecule has 0 aliphatic carbocycles. The number of nitrogens with one attached hydrogen (secondary N) is 3. The lowest BCUT2D eigenvalue weighted by Gasteiger charge is -2.23. The summed E-state index contributed by atoms with van der Waals surface area (Å²) >= 11 is 0. The van der Waals surface area contributed by atoms with Gasteiger partial charge in [-0.05, 0) is 42.5 Å². The average molecular weight is 795 g/mol. The number of nitrogens with zero attached hydrogens (tertiary/aromatic N) is 3. The molecule has 5 rings (SSSR count). The molecular weight excluding hydrogens is 748 g/mol. The van der Waals surface area contributed by atoms with Crippen molar-refractivity contribution in [3.05, 3.63) is 118 Å². The predicted molar refractivity (Wildman–Crippen MR) is 211 cm³/mol. The number of aromatic nitrogens is 3. The molecule has 58 heavy (non-hydrogen) atoms. The summed E-state index contributed by atoms with van der Waals surface area (Å²) in [7, 11) is 0. The maximum atomic E-state index is 13.4. The van der Waals surface area contributed by atoms with Crippen LogP contribution in [0.2, 0.25) is 0 Å². The fourth-order valence-electron chi connectivity index (χ4n) is 5.85. The second-order valence-electron chi connectivity index (χ2n) is 13.4. The minimum Gasteiger partial charge on any atom is -0.461 e. The number of fused-ring (bicyclic) bond motifs is 1. The van der Waals surface area contributed by atoms with E-state index in [1.54, 1.807) is 16.9 Å². The number of hydrogen-bond donors (Lipinski definition) is 3. The Kier molecular flexibility index (Phi) is 15.8. The van der Waals surface area contributed by atoms with E-state index in [1.807, 2.05) is 79.7 Å². The summed E-state index contributed by atoms with van der Waals surface area (Å²) in [6.45, 7) is 3.97. The summed E-state index contributed by atoms with van der Waals surface area (Å²) in [5, 5.41) is 17.1. The van der Waals surface area contributed by atoms with Gasteiger partial charge in [0.2, 0.25) is 17.7 Å². The SMILES string of the molecule is CC(=O)N[C@H](CCC(=O)OCc1ccccc1)C(=O)N[C@@H](CCC(=O)OCc1ccccc1)C(=O)NCCOCCn1cc(-c2ccc3c(C)cc(=O)oc3c2)nn1. The topological polar surface area (TPSA) is 210 Å². The Bertz CT molecular complexity index is 2220. The molecule has 0 aliphatic rings. The zero-order valence-corrected chi connectivity index (χ0v) is 32.3. The first kappa shape index (κ1) is 42.5. The molecule has 0 saturated carbocycles. The normalized spacial score (nSPS) is 12.0. The molecule has 16 heteroatoms. The van der Waals surface area contributed by atoms with Gasteiger partial charge in [-0.3, -0.25) is 24.0 Å². The lowest BCUT2D eigenvalue weighted by atomic mass is 10.1. The summed E-state index contributed by atoms with van der Waals surface area (Å²) in [5.74, 6) is -2.95. The second-order valence-corrected chi connectivity index (χ2v) is 13.4. The molecule has 5 aromatic rings. The van der Waals surface area contributed by atoms with Crippen molar-refractivity contribution in [3.8, 4) is 11.3 Å². The molecule has 0 saturated heterocycles. The van der Waals surface area contributed by atoms with E-state index >= 15 is 0 Å². The smallest absolute Gasteiger partial charge is 0.336 e. The first-order valence-electron chi connectivity index (χ1n) is 18.8. The highest BCUT2D eigenvalue weighted by molar-refractivity contribution is 5.92. The maximum Gasteiger partial charge on any atom is 0.336 e. The van der Waals surface area contributed by atoms with Gasteiger partial charge in [-0.15, -0.1) is 5.10 Å². The largest absolute Gasteiger partial charge is 0.461 e. The number of hydrogen-bond acceptors (Lipinski definition) is 12. The first-order valence-corrected chi connectivity index (χ1v) is 18.8. The van der Waals surface area contributed by atoms with Crippen molar-refractivity contribution in [2.45, 2.75) is 71.4 Å².